The molecule has 1 heterocycles. The van der Waals surface area contributed by atoms with Crippen LogP contribution in [0.4, 0.5) is 31.5 Å². The SMILES string of the molecule is COC(=O)N[C@H](C(=O)NN(Cc1ccc(OC(F)F)cc1)C[C@@H]1OC(C)(C)N(C(=O)OC(C)(C)C)[C@H]1Cc1ccc(OS(=O)(=O)C(F)(F)F)cc1)C(C)(C)C. The van der Waals surface area contributed by atoms with Crippen LogP contribution in [0.25, 0.3) is 0 Å². The molecule has 0 aromatic heterocycles. The number of rotatable bonds is 13. The highest BCUT2D eigenvalue weighted by Crippen LogP contribution is 2.37. The summed E-state index contributed by atoms with van der Waals surface area (Å²) in [7, 11) is -4.79. The van der Waals surface area contributed by atoms with Crippen molar-refractivity contribution in [3.8, 4) is 11.5 Å². The Morgan fingerprint density at radius 2 is 1.47 bits per heavy atom. The molecule has 0 saturated carbocycles. The highest BCUT2D eigenvalue weighted by Gasteiger charge is 2.52. The van der Waals surface area contributed by atoms with Crippen LogP contribution in [0.1, 0.15) is 66.5 Å². The topological polar surface area (TPSA) is 162 Å². The number of carbonyl (C=O) groups excluding carboxylic acids is 3. The molecule has 0 bridgehead atoms. The fraction of sp³-hybridized carbons (Fsp3) is 0.571. The number of methoxy groups -OCH3 is 1. The Hall–Kier alpha value is -4.43. The Balaban J connectivity index is 2.05. The van der Waals surface area contributed by atoms with E-state index >= 15 is 0 Å². The Morgan fingerprint density at radius 3 is 1.96 bits per heavy atom. The van der Waals surface area contributed by atoms with Crippen LogP contribution in [-0.4, -0.2) is 91.7 Å². The molecule has 3 amide bonds. The molecule has 3 rings (SSSR count). The van der Waals surface area contributed by atoms with E-state index in [9.17, 15) is 44.8 Å². The summed E-state index contributed by atoms with van der Waals surface area (Å²) in [6, 6.07) is 8.33. The lowest BCUT2D eigenvalue weighted by Gasteiger charge is -2.35. The lowest BCUT2D eigenvalue weighted by Crippen LogP contribution is -2.58. The summed E-state index contributed by atoms with van der Waals surface area (Å²) < 4.78 is 113. The second-order valence-corrected chi connectivity index (χ2v) is 16.7. The average molecular weight is 811 g/mol. The monoisotopic (exact) mass is 810 g/mol. The summed E-state index contributed by atoms with van der Waals surface area (Å²) in [6.07, 6.45) is -2.55. The van der Waals surface area contributed by atoms with Crippen LogP contribution in [0.15, 0.2) is 48.5 Å². The molecule has 0 unspecified atom stereocenters. The van der Waals surface area contributed by atoms with E-state index < -0.39 is 81.0 Å². The lowest BCUT2D eigenvalue weighted by molar-refractivity contribution is -0.132. The molecule has 55 heavy (non-hydrogen) atoms. The van der Waals surface area contributed by atoms with Gasteiger partial charge in [-0.05, 0) is 81.8 Å². The summed E-state index contributed by atoms with van der Waals surface area (Å²) in [4.78, 5) is 41.2. The summed E-state index contributed by atoms with van der Waals surface area (Å²) in [5, 5.41) is 3.97. The molecule has 0 radical (unpaired) electrons. The molecule has 0 aliphatic carbocycles. The highest BCUT2D eigenvalue weighted by molar-refractivity contribution is 7.88. The number of carbonyl (C=O) groups is 3. The van der Waals surface area contributed by atoms with E-state index in [-0.39, 0.29) is 25.3 Å². The van der Waals surface area contributed by atoms with Crippen molar-refractivity contribution in [2.45, 2.75) is 110 Å². The lowest BCUT2D eigenvalue weighted by atomic mass is 9.86. The third-order valence-corrected chi connectivity index (χ3v) is 8.97. The maximum Gasteiger partial charge on any atom is 0.534 e. The number of hydrazine groups is 1. The number of nitrogens with one attached hydrogen (secondary N) is 2. The first kappa shape index (κ1) is 45.0. The van der Waals surface area contributed by atoms with E-state index in [4.69, 9.17) is 14.2 Å². The molecule has 1 fully saturated rings. The molecular weight excluding hydrogens is 763 g/mol. The second kappa shape index (κ2) is 17.2. The van der Waals surface area contributed by atoms with Crippen molar-refractivity contribution in [2.75, 3.05) is 13.7 Å². The van der Waals surface area contributed by atoms with Crippen LogP contribution in [0.2, 0.25) is 0 Å². The van der Waals surface area contributed by atoms with Gasteiger partial charge in [0.05, 0.1) is 19.3 Å². The van der Waals surface area contributed by atoms with Gasteiger partial charge >= 0.3 is 34.4 Å². The van der Waals surface area contributed by atoms with Gasteiger partial charge in [0, 0.05) is 13.1 Å². The third-order valence-electron chi connectivity index (χ3n) is 7.99. The molecule has 0 spiro atoms. The molecule has 308 valence electrons. The van der Waals surface area contributed by atoms with Crippen molar-refractivity contribution in [1.29, 1.82) is 0 Å². The first-order valence-electron chi connectivity index (χ1n) is 16.9. The Kier molecular flexibility index (Phi) is 14.0. The first-order valence-corrected chi connectivity index (χ1v) is 18.3. The number of hydrogen-bond acceptors (Lipinski definition) is 11. The van der Waals surface area contributed by atoms with Gasteiger partial charge in [-0.2, -0.15) is 30.4 Å². The van der Waals surface area contributed by atoms with Crippen LogP contribution in [-0.2, 0) is 42.1 Å². The quantitative estimate of drug-likeness (QED) is 0.104. The Morgan fingerprint density at radius 1 is 0.927 bits per heavy atom. The molecule has 1 aliphatic rings. The van der Waals surface area contributed by atoms with Gasteiger partial charge in [0.25, 0.3) is 5.91 Å². The van der Waals surface area contributed by atoms with Gasteiger partial charge in [-0.25, -0.2) is 14.6 Å². The molecule has 2 aromatic rings. The number of ether oxygens (including phenoxy) is 4. The molecule has 1 aliphatic heterocycles. The van der Waals surface area contributed by atoms with Gasteiger partial charge < -0.3 is 28.4 Å². The van der Waals surface area contributed by atoms with Crippen molar-refractivity contribution < 1.29 is 67.9 Å². The van der Waals surface area contributed by atoms with Crippen molar-refractivity contribution in [3.05, 3.63) is 59.7 Å². The molecule has 1 saturated heterocycles. The number of nitrogens with zero attached hydrogens (tertiary/aromatic N) is 2. The fourth-order valence-corrected chi connectivity index (χ4v) is 6.11. The van der Waals surface area contributed by atoms with Gasteiger partial charge in [-0.3, -0.25) is 15.1 Å². The van der Waals surface area contributed by atoms with E-state index in [2.05, 4.69) is 19.7 Å². The highest BCUT2D eigenvalue weighted by atomic mass is 32.2. The van der Waals surface area contributed by atoms with Crippen LogP contribution in [0.3, 0.4) is 0 Å². The van der Waals surface area contributed by atoms with E-state index in [1.165, 1.54) is 46.3 Å². The number of benzene rings is 2. The average Bonchev–Trinajstić information content (AvgIpc) is 3.27. The van der Waals surface area contributed by atoms with Crippen molar-refractivity contribution in [1.82, 2.24) is 20.7 Å². The summed E-state index contributed by atoms with van der Waals surface area (Å²) in [6.45, 7) is 10.1. The van der Waals surface area contributed by atoms with E-state index in [1.54, 1.807) is 55.4 Å². The molecule has 2 aromatic carbocycles. The zero-order chi connectivity index (χ0) is 41.7. The van der Waals surface area contributed by atoms with E-state index in [0.717, 1.165) is 19.2 Å². The minimum Gasteiger partial charge on any atom is -0.453 e. The number of amides is 3. The summed E-state index contributed by atoms with van der Waals surface area (Å²) in [5.74, 6) is -1.36. The van der Waals surface area contributed by atoms with Crippen LogP contribution >= 0.6 is 0 Å². The number of halogens is 5. The minimum absolute atomic E-state index is 0.00436. The molecule has 2 N–H and O–H groups in total. The maximum absolute atomic E-state index is 13.8. The fourth-order valence-electron chi connectivity index (χ4n) is 5.65. The standard InChI is InChI=1S/C35H47F5N4O10S/c1-32(2,3)27(41-30(46)50-9)28(45)42-43(19-22-12-14-23(15-13-22)51-29(36)37)20-26-25(44(34(7,8)52-26)31(47)53-33(4,5)6)18-21-10-16-24(17-11-21)54-55(48,49)35(38,39)40/h10-17,25-27,29H,18-20H2,1-9H3,(H,41,46)(H,42,45)/t25-,26-,27+/m0/s1. The van der Waals surface area contributed by atoms with Gasteiger partial charge in [0.1, 0.15) is 28.9 Å². The smallest absolute Gasteiger partial charge is 0.453 e. The molecule has 14 nitrogen and oxygen atoms in total. The van der Waals surface area contributed by atoms with Crippen molar-refractivity contribution >= 4 is 28.2 Å². The summed E-state index contributed by atoms with van der Waals surface area (Å²) in [5.41, 5.74) is -4.98. The number of alkyl halides is 5. The first-order chi connectivity index (χ1) is 25.1. The van der Waals surface area contributed by atoms with Gasteiger partial charge in [0.15, 0.2) is 0 Å². The Labute approximate surface area is 316 Å². The van der Waals surface area contributed by atoms with Crippen LogP contribution < -0.4 is 19.7 Å². The predicted molar refractivity (Wildman–Crippen MR) is 187 cm³/mol. The number of hydrogen-bond donors (Lipinski definition) is 2. The van der Waals surface area contributed by atoms with Crippen molar-refractivity contribution in [3.63, 3.8) is 0 Å². The zero-order valence-electron chi connectivity index (χ0n) is 31.8. The van der Waals surface area contributed by atoms with E-state index in [1.807, 2.05) is 0 Å². The number of alkyl carbamates (subject to hydrolysis) is 1. The zero-order valence-corrected chi connectivity index (χ0v) is 32.6. The third kappa shape index (κ3) is 12.8. The van der Waals surface area contributed by atoms with Gasteiger partial charge in [-0.15, -0.1) is 0 Å². The minimum atomic E-state index is -5.93. The van der Waals surface area contributed by atoms with E-state index in [0.29, 0.717) is 11.1 Å². The predicted octanol–water partition coefficient (Wildman–Crippen LogP) is 6.10. The van der Waals surface area contributed by atoms with Crippen molar-refractivity contribution in [2.24, 2.45) is 5.41 Å². The van der Waals surface area contributed by atoms with Crippen LogP contribution in [0, 0.1) is 5.41 Å². The van der Waals surface area contributed by atoms with Crippen LogP contribution in [0.5, 0.6) is 11.5 Å². The normalized spacial score (nSPS) is 18.1. The van der Waals surface area contributed by atoms with Gasteiger partial charge in [-0.1, -0.05) is 45.0 Å². The maximum atomic E-state index is 13.8. The molecular formula is C35H47F5N4O10S. The largest absolute Gasteiger partial charge is 0.534 e. The Bertz CT molecular complexity index is 1750. The second-order valence-electron chi connectivity index (χ2n) is 15.2. The van der Waals surface area contributed by atoms with Gasteiger partial charge in [0.2, 0.25) is 0 Å². The summed E-state index contributed by atoms with van der Waals surface area (Å²) >= 11 is 0. The molecule has 3 atom stereocenters. The molecule has 20 heteroatoms.